The van der Waals surface area contributed by atoms with Crippen molar-refractivity contribution in [1.29, 1.82) is 0 Å². The van der Waals surface area contributed by atoms with Gasteiger partial charge >= 0.3 is 6.18 Å². The maximum atomic E-state index is 12.9. The Labute approximate surface area is 138 Å². The van der Waals surface area contributed by atoms with E-state index in [-0.39, 0.29) is 12.2 Å². The van der Waals surface area contributed by atoms with Gasteiger partial charge in [-0.25, -0.2) is 0 Å². The highest BCUT2D eigenvalue weighted by Gasteiger charge is 2.38. The van der Waals surface area contributed by atoms with Crippen molar-refractivity contribution in [3.05, 3.63) is 17.5 Å². The lowest BCUT2D eigenvalue weighted by molar-refractivity contribution is -0.141. The molecule has 136 valence electrons. The molecule has 1 aromatic heterocycles. The topological polar surface area (TPSA) is 59.4 Å². The summed E-state index contributed by atoms with van der Waals surface area (Å²) in [6.07, 6.45) is -2.58. The minimum Gasteiger partial charge on any atom is -0.373 e. The lowest BCUT2D eigenvalue weighted by Crippen LogP contribution is -2.46. The van der Waals surface area contributed by atoms with Crippen LogP contribution >= 0.6 is 0 Å². The summed E-state index contributed by atoms with van der Waals surface area (Å²) in [6, 6.07) is 0. The quantitative estimate of drug-likeness (QED) is 0.823. The number of rotatable bonds is 5. The number of hydrogen-bond donors (Lipinski definition) is 1. The molecule has 1 aliphatic heterocycles. The fourth-order valence-electron chi connectivity index (χ4n) is 2.93. The summed E-state index contributed by atoms with van der Waals surface area (Å²) in [5, 5.41) is 5.87. The Morgan fingerprint density at radius 3 is 2.58 bits per heavy atom. The van der Waals surface area contributed by atoms with E-state index < -0.39 is 23.3 Å². The number of amides is 1. The van der Waals surface area contributed by atoms with Crippen LogP contribution in [0.5, 0.6) is 0 Å². The Balaban J connectivity index is 1.82. The number of alkyl halides is 3. The average Bonchev–Trinajstić information content (AvgIpc) is 2.84. The maximum absolute atomic E-state index is 12.9. The fourth-order valence-corrected chi connectivity index (χ4v) is 2.93. The van der Waals surface area contributed by atoms with Crippen LogP contribution in [-0.4, -0.2) is 59.0 Å². The second-order valence-corrected chi connectivity index (χ2v) is 6.19. The number of nitrogens with one attached hydrogen (secondary N) is 1. The zero-order chi connectivity index (χ0) is 17.9. The van der Waals surface area contributed by atoms with E-state index in [1.807, 2.05) is 13.8 Å². The van der Waals surface area contributed by atoms with Crippen molar-refractivity contribution in [2.45, 2.75) is 38.7 Å². The highest BCUT2D eigenvalue weighted by Crippen LogP contribution is 2.30. The van der Waals surface area contributed by atoms with Gasteiger partial charge in [0.1, 0.15) is 0 Å². The van der Waals surface area contributed by atoms with Gasteiger partial charge in [-0.1, -0.05) is 0 Å². The first-order valence-electron chi connectivity index (χ1n) is 7.93. The zero-order valence-corrected chi connectivity index (χ0v) is 14.1. The summed E-state index contributed by atoms with van der Waals surface area (Å²) < 4.78 is 45.2. The van der Waals surface area contributed by atoms with Crippen LogP contribution in [-0.2, 0) is 18.0 Å². The molecule has 2 unspecified atom stereocenters. The van der Waals surface area contributed by atoms with Crippen molar-refractivity contribution in [3.8, 4) is 0 Å². The van der Waals surface area contributed by atoms with Gasteiger partial charge in [0.25, 0.3) is 5.91 Å². The molecule has 2 rings (SSSR count). The molecule has 6 nitrogen and oxygen atoms in total. The molecule has 2 atom stereocenters. The van der Waals surface area contributed by atoms with Gasteiger partial charge in [0, 0.05) is 39.4 Å². The number of nitrogens with zero attached hydrogens (tertiary/aromatic N) is 3. The molecule has 1 amide bonds. The highest BCUT2D eigenvalue weighted by atomic mass is 19.4. The predicted molar refractivity (Wildman–Crippen MR) is 81.6 cm³/mol. The normalized spacial score (nSPS) is 22.6. The standard InChI is InChI=1S/C15H23F3N4O2/c1-10-7-22(8-11(2)24-10)6-4-5-19-14(23)12-9-21(3)20-13(12)15(16,17)18/h9-11H,4-8H2,1-3H3,(H,19,23). The third-order valence-electron chi connectivity index (χ3n) is 3.77. The molecule has 0 saturated carbocycles. The fraction of sp³-hybridized carbons (Fsp3) is 0.733. The molecule has 1 fully saturated rings. The summed E-state index contributed by atoms with van der Waals surface area (Å²) in [6.45, 7) is 6.72. The first-order valence-corrected chi connectivity index (χ1v) is 7.93. The van der Waals surface area contributed by atoms with Crippen molar-refractivity contribution in [3.63, 3.8) is 0 Å². The Bertz CT molecular complexity index is 564. The number of halogens is 3. The van der Waals surface area contributed by atoms with Crippen molar-refractivity contribution in [1.82, 2.24) is 20.0 Å². The Hall–Kier alpha value is -1.61. The average molecular weight is 348 g/mol. The Kier molecular flexibility index (Phi) is 5.87. The predicted octanol–water partition coefficient (Wildman–Crippen LogP) is 1.67. The van der Waals surface area contributed by atoms with Gasteiger partial charge in [-0.15, -0.1) is 0 Å². The first kappa shape index (κ1) is 18.7. The summed E-state index contributed by atoms with van der Waals surface area (Å²) >= 11 is 0. The Morgan fingerprint density at radius 1 is 1.38 bits per heavy atom. The van der Waals surface area contributed by atoms with Gasteiger partial charge in [0.2, 0.25) is 0 Å². The molecule has 1 aromatic rings. The number of ether oxygens (including phenoxy) is 1. The number of hydrogen-bond acceptors (Lipinski definition) is 4. The molecule has 2 heterocycles. The molecular weight excluding hydrogens is 325 g/mol. The van der Waals surface area contributed by atoms with E-state index in [0.29, 0.717) is 13.0 Å². The minimum absolute atomic E-state index is 0.160. The Morgan fingerprint density at radius 2 is 2.00 bits per heavy atom. The molecular formula is C15H23F3N4O2. The molecule has 0 aromatic carbocycles. The third-order valence-corrected chi connectivity index (χ3v) is 3.77. The second kappa shape index (κ2) is 7.52. The van der Waals surface area contributed by atoms with E-state index in [1.165, 1.54) is 7.05 Å². The van der Waals surface area contributed by atoms with Crippen molar-refractivity contribution in [2.24, 2.45) is 7.05 Å². The van der Waals surface area contributed by atoms with Gasteiger partial charge < -0.3 is 10.1 Å². The molecule has 1 aliphatic rings. The summed E-state index contributed by atoms with van der Waals surface area (Å²) in [5.41, 5.74) is -1.60. The largest absolute Gasteiger partial charge is 0.435 e. The second-order valence-electron chi connectivity index (χ2n) is 6.19. The first-order chi connectivity index (χ1) is 11.2. The number of morpholine rings is 1. The lowest BCUT2D eigenvalue weighted by Gasteiger charge is -2.35. The monoisotopic (exact) mass is 348 g/mol. The van der Waals surface area contributed by atoms with Crippen LogP contribution in [0.15, 0.2) is 6.20 Å². The van der Waals surface area contributed by atoms with Gasteiger partial charge in [0.05, 0.1) is 17.8 Å². The number of aryl methyl sites for hydroxylation is 1. The smallest absolute Gasteiger partial charge is 0.373 e. The minimum atomic E-state index is -4.64. The van der Waals surface area contributed by atoms with Gasteiger partial charge in [0.15, 0.2) is 5.69 Å². The lowest BCUT2D eigenvalue weighted by atomic mass is 10.2. The number of carbonyl (C=O) groups excluding carboxylic acids is 1. The molecule has 1 N–H and O–H groups in total. The molecule has 1 saturated heterocycles. The third kappa shape index (κ3) is 4.94. The van der Waals surface area contributed by atoms with Crippen LogP contribution < -0.4 is 5.32 Å². The summed E-state index contributed by atoms with van der Waals surface area (Å²) in [5.74, 6) is -0.751. The van der Waals surface area contributed by atoms with E-state index in [1.54, 1.807) is 0 Å². The molecule has 24 heavy (non-hydrogen) atoms. The van der Waals surface area contributed by atoms with Crippen molar-refractivity contribution < 1.29 is 22.7 Å². The summed E-state index contributed by atoms with van der Waals surface area (Å²) in [4.78, 5) is 14.2. The van der Waals surface area contributed by atoms with Gasteiger partial charge in [-0.2, -0.15) is 18.3 Å². The number of carbonyl (C=O) groups is 1. The van der Waals surface area contributed by atoms with E-state index in [4.69, 9.17) is 4.74 Å². The van der Waals surface area contributed by atoms with E-state index in [2.05, 4.69) is 15.3 Å². The highest BCUT2D eigenvalue weighted by molar-refractivity contribution is 5.95. The SMILES string of the molecule is CC1CN(CCCNC(=O)c2cn(C)nc2C(F)(F)F)CC(C)O1. The molecule has 0 aliphatic carbocycles. The van der Waals surface area contributed by atoms with Crippen molar-refractivity contribution >= 4 is 5.91 Å². The number of aromatic nitrogens is 2. The van der Waals surface area contributed by atoms with Crippen LogP contribution in [0, 0.1) is 0 Å². The van der Waals surface area contributed by atoms with Crippen LogP contribution in [0.25, 0.3) is 0 Å². The zero-order valence-electron chi connectivity index (χ0n) is 14.1. The molecule has 0 spiro atoms. The van der Waals surface area contributed by atoms with Crippen molar-refractivity contribution in [2.75, 3.05) is 26.2 Å². The van der Waals surface area contributed by atoms with Crippen LogP contribution in [0.1, 0.15) is 36.3 Å². The molecule has 9 heteroatoms. The van der Waals surface area contributed by atoms with E-state index in [9.17, 15) is 18.0 Å². The molecule has 0 bridgehead atoms. The van der Waals surface area contributed by atoms with Crippen LogP contribution in [0.3, 0.4) is 0 Å². The van der Waals surface area contributed by atoms with Gasteiger partial charge in [-0.05, 0) is 20.3 Å². The molecule has 0 radical (unpaired) electrons. The van der Waals surface area contributed by atoms with E-state index >= 15 is 0 Å². The van der Waals surface area contributed by atoms with Crippen LogP contribution in [0.4, 0.5) is 13.2 Å². The van der Waals surface area contributed by atoms with E-state index in [0.717, 1.165) is 30.5 Å². The maximum Gasteiger partial charge on any atom is 0.435 e. The van der Waals surface area contributed by atoms with Gasteiger partial charge in [-0.3, -0.25) is 14.4 Å². The van der Waals surface area contributed by atoms with Crippen LogP contribution in [0.2, 0.25) is 0 Å². The summed E-state index contributed by atoms with van der Waals surface area (Å²) in [7, 11) is 1.35.